The number of alkyl halides is 4. The van der Waals surface area contributed by atoms with E-state index in [9.17, 15) is 22.0 Å². The zero-order valence-corrected chi connectivity index (χ0v) is 23.2. The minimum absolute atomic E-state index is 0.299. The smallest absolute Gasteiger partial charge is 0.427 e. The molecule has 0 amide bonds. The van der Waals surface area contributed by atoms with E-state index in [-0.39, 0.29) is 5.75 Å². The first-order chi connectivity index (χ1) is 19.6. The summed E-state index contributed by atoms with van der Waals surface area (Å²) in [6.07, 6.45) is 7.36. The van der Waals surface area contributed by atoms with E-state index in [1.807, 2.05) is 0 Å². The van der Waals surface area contributed by atoms with E-state index in [2.05, 4.69) is 37.9 Å². The number of rotatable bonds is 18. The molecule has 0 fully saturated rings. The van der Waals surface area contributed by atoms with Crippen LogP contribution in [0, 0.1) is 5.82 Å². The van der Waals surface area contributed by atoms with E-state index in [1.54, 1.807) is 6.08 Å². The number of nitrogens with zero attached hydrogens (tertiary/aromatic N) is 3. The van der Waals surface area contributed by atoms with Crippen LogP contribution in [0.5, 0.6) is 11.5 Å². The van der Waals surface area contributed by atoms with Crippen LogP contribution in [0.4, 0.5) is 22.0 Å². The minimum Gasteiger partial charge on any atom is -0.427 e. The number of aromatic nitrogens is 3. The maximum atomic E-state index is 14.8. The molecule has 222 valence electrons. The number of pyridine rings is 1. The summed E-state index contributed by atoms with van der Waals surface area (Å²) in [4.78, 5) is 11.4. The van der Waals surface area contributed by atoms with Crippen LogP contribution in [-0.2, 0) is 25.1 Å². The van der Waals surface area contributed by atoms with Crippen molar-refractivity contribution < 1.29 is 31.4 Å². The molecule has 1 aromatic carbocycles. The lowest BCUT2D eigenvalue weighted by molar-refractivity contribution is -0.190. The van der Waals surface area contributed by atoms with Crippen LogP contribution in [0.2, 0.25) is 0 Å². The van der Waals surface area contributed by atoms with E-state index in [1.165, 1.54) is 31.7 Å². The second-order valence-corrected chi connectivity index (χ2v) is 9.82. The first kappa shape index (κ1) is 32.0. The van der Waals surface area contributed by atoms with E-state index < -0.39 is 35.0 Å². The quantitative estimate of drug-likeness (QED) is 0.0858. The molecular formula is C31H36F5N3O2. The summed E-state index contributed by atoms with van der Waals surface area (Å²) in [5.74, 6) is -1.48. The Morgan fingerprint density at radius 1 is 0.756 bits per heavy atom. The van der Waals surface area contributed by atoms with Gasteiger partial charge in [-0.25, -0.2) is 19.3 Å². The van der Waals surface area contributed by atoms with Gasteiger partial charge in [0.1, 0.15) is 17.4 Å². The monoisotopic (exact) mass is 577 g/mol. The van der Waals surface area contributed by atoms with E-state index in [4.69, 9.17) is 0 Å². The zero-order valence-electron chi connectivity index (χ0n) is 23.2. The maximum Gasteiger partial charge on any atom is 0.444 e. The maximum absolute atomic E-state index is 14.8. The van der Waals surface area contributed by atoms with Crippen LogP contribution in [0.3, 0.4) is 0 Å². The molecule has 0 radical (unpaired) electrons. The molecular weight excluding hydrogens is 541 g/mol. The van der Waals surface area contributed by atoms with Gasteiger partial charge in [-0.2, -0.15) is 17.6 Å². The van der Waals surface area contributed by atoms with Gasteiger partial charge in [0.25, 0.3) is 0 Å². The number of allylic oxidation sites excluding steroid dienone is 1. The average molecular weight is 578 g/mol. The normalized spacial score (nSPS) is 11.9. The number of halogens is 5. The summed E-state index contributed by atoms with van der Waals surface area (Å²) in [6.45, 7) is 5.76. The van der Waals surface area contributed by atoms with Gasteiger partial charge in [-0.1, -0.05) is 64.0 Å². The molecule has 0 saturated carbocycles. The summed E-state index contributed by atoms with van der Waals surface area (Å²) >= 11 is 0. The Hall–Kier alpha value is -3.56. The van der Waals surface area contributed by atoms with Gasteiger partial charge in [-0.05, 0) is 49.1 Å². The number of aryl methyl sites for hydroxylation is 2. The fraction of sp³-hybridized carbons (Fsp3) is 0.452. The number of hydrogen-bond donors (Lipinski definition) is 0. The van der Waals surface area contributed by atoms with Gasteiger partial charge in [0.15, 0.2) is 11.4 Å². The zero-order chi connectivity index (χ0) is 29.7. The van der Waals surface area contributed by atoms with Gasteiger partial charge in [-0.3, -0.25) is 0 Å². The van der Waals surface area contributed by atoms with Gasteiger partial charge < -0.3 is 9.47 Å². The van der Waals surface area contributed by atoms with Gasteiger partial charge in [0.05, 0.1) is 24.2 Å². The summed E-state index contributed by atoms with van der Waals surface area (Å²) < 4.78 is 82.6. The van der Waals surface area contributed by atoms with Gasteiger partial charge in [0.2, 0.25) is 0 Å². The second kappa shape index (κ2) is 15.4. The van der Waals surface area contributed by atoms with Crippen LogP contribution in [0.1, 0.15) is 87.4 Å². The van der Waals surface area contributed by atoms with Crippen molar-refractivity contribution in [1.82, 2.24) is 15.0 Å². The average Bonchev–Trinajstić information content (AvgIpc) is 2.94. The molecule has 0 N–H and O–H groups in total. The Morgan fingerprint density at radius 3 is 2.00 bits per heavy atom. The third kappa shape index (κ3) is 10.1. The van der Waals surface area contributed by atoms with Crippen molar-refractivity contribution in [2.24, 2.45) is 0 Å². The van der Waals surface area contributed by atoms with Crippen LogP contribution in [0.25, 0.3) is 0 Å². The molecule has 0 atom stereocenters. The fourth-order valence-electron chi connectivity index (χ4n) is 4.19. The molecule has 0 saturated heterocycles. The molecule has 3 aromatic rings. The molecule has 5 nitrogen and oxygen atoms in total. The van der Waals surface area contributed by atoms with Gasteiger partial charge in [0, 0.05) is 6.42 Å². The predicted octanol–water partition coefficient (Wildman–Crippen LogP) is 9.07. The highest BCUT2D eigenvalue weighted by atomic mass is 19.3. The van der Waals surface area contributed by atoms with Gasteiger partial charge in [-0.15, -0.1) is 6.58 Å². The number of benzene rings is 1. The lowest BCUT2D eigenvalue weighted by atomic mass is 10.0. The largest absolute Gasteiger partial charge is 0.444 e. The van der Waals surface area contributed by atoms with Crippen LogP contribution < -0.4 is 9.47 Å². The Balaban J connectivity index is 1.54. The van der Waals surface area contributed by atoms with Crippen molar-refractivity contribution in [3.8, 4) is 11.5 Å². The van der Waals surface area contributed by atoms with Crippen molar-refractivity contribution in [3.05, 3.63) is 90.0 Å². The first-order valence-electron chi connectivity index (χ1n) is 14.0. The third-order valence-electron chi connectivity index (χ3n) is 6.45. The van der Waals surface area contributed by atoms with E-state index in [0.717, 1.165) is 62.3 Å². The van der Waals surface area contributed by atoms with Crippen LogP contribution in [-0.4, -0.2) is 15.0 Å². The topological polar surface area (TPSA) is 57.1 Å². The third-order valence-corrected chi connectivity index (χ3v) is 6.45. The molecule has 41 heavy (non-hydrogen) atoms. The SMILES string of the molecule is C=CCCc1ncc(OC(F)(F)c2ccc(OC(F)(F)c3ccc(CCCCCCCCCC)cc3F)cn2)cn1. The number of unbranched alkanes of at least 4 members (excludes halogenated alkanes) is 7. The predicted molar refractivity (Wildman–Crippen MR) is 147 cm³/mol. The standard InChI is InChI=1S/C31H36F5N3O2/c1-3-5-7-8-9-10-11-12-13-23-15-17-26(27(32)19-23)30(33,34)40-24-16-18-28(37-20-24)31(35,36)41-25-21-38-29(39-22-25)14-6-4-2/h4,15-22H,2-3,5-14H2,1H3. The number of ether oxygens (including phenoxy) is 2. The highest BCUT2D eigenvalue weighted by Gasteiger charge is 2.39. The Kier molecular flexibility index (Phi) is 12.0. The first-order valence-corrected chi connectivity index (χ1v) is 14.0. The molecule has 10 heteroatoms. The molecule has 0 aliphatic heterocycles. The Bertz CT molecular complexity index is 1220. The van der Waals surface area contributed by atoms with Crippen molar-refractivity contribution in [2.45, 2.75) is 89.8 Å². The second-order valence-electron chi connectivity index (χ2n) is 9.82. The van der Waals surface area contributed by atoms with Crippen LogP contribution >= 0.6 is 0 Å². The lowest BCUT2D eigenvalue weighted by Crippen LogP contribution is -2.25. The molecule has 2 aromatic heterocycles. The van der Waals surface area contributed by atoms with E-state index in [0.29, 0.717) is 36.8 Å². The summed E-state index contributed by atoms with van der Waals surface area (Å²) in [5.41, 5.74) is -1.18. The minimum atomic E-state index is -4.05. The highest BCUT2D eigenvalue weighted by Crippen LogP contribution is 2.35. The molecule has 2 heterocycles. The molecule has 0 unspecified atom stereocenters. The van der Waals surface area contributed by atoms with Crippen molar-refractivity contribution in [1.29, 1.82) is 0 Å². The van der Waals surface area contributed by atoms with Crippen molar-refractivity contribution in [3.63, 3.8) is 0 Å². The highest BCUT2D eigenvalue weighted by molar-refractivity contribution is 5.29. The molecule has 0 bridgehead atoms. The molecule has 0 spiro atoms. The Morgan fingerprint density at radius 2 is 1.39 bits per heavy atom. The molecule has 0 aliphatic rings. The van der Waals surface area contributed by atoms with Crippen molar-refractivity contribution >= 4 is 0 Å². The summed E-state index contributed by atoms with van der Waals surface area (Å²) in [5, 5.41) is 0. The van der Waals surface area contributed by atoms with E-state index >= 15 is 0 Å². The summed E-state index contributed by atoms with van der Waals surface area (Å²) in [6, 6.07) is 5.20. The number of hydrogen-bond acceptors (Lipinski definition) is 5. The Labute approximate surface area is 237 Å². The van der Waals surface area contributed by atoms with Crippen molar-refractivity contribution in [2.75, 3.05) is 0 Å². The molecule has 0 aliphatic carbocycles. The summed E-state index contributed by atoms with van der Waals surface area (Å²) in [7, 11) is 0. The fourth-order valence-corrected chi connectivity index (χ4v) is 4.19. The van der Waals surface area contributed by atoms with Gasteiger partial charge >= 0.3 is 12.2 Å². The van der Waals surface area contributed by atoms with Crippen LogP contribution in [0.15, 0.2) is 61.6 Å². The molecule has 3 rings (SSSR count). The lowest BCUT2D eigenvalue weighted by Gasteiger charge is -2.20.